The van der Waals surface area contributed by atoms with Crippen LogP contribution < -0.4 is 5.32 Å². The predicted octanol–water partition coefficient (Wildman–Crippen LogP) is 2.34. The fourth-order valence-corrected chi connectivity index (χ4v) is 3.62. The lowest BCUT2D eigenvalue weighted by Crippen LogP contribution is -2.51. The van der Waals surface area contributed by atoms with Gasteiger partial charge in [-0.1, -0.05) is 6.92 Å². The average Bonchev–Trinajstić information content (AvgIpc) is 3.01. The van der Waals surface area contributed by atoms with E-state index in [1.165, 1.54) is 44.6 Å². The van der Waals surface area contributed by atoms with E-state index in [1.54, 1.807) is 0 Å². The Balaban J connectivity index is 1.81. The van der Waals surface area contributed by atoms with E-state index >= 15 is 0 Å². The number of nitrogens with zero attached hydrogens (tertiary/aromatic N) is 1. The molecule has 0 aromatic heterocycles. The maximum atomic E-state index is 3.68. The smallest absolute Gasteiger partial charge is 0.0231 e. The highest BCUT2D eigenvalue weighted by molar-refractivity contribution is 8.00. The Bertz CT molecular complexity index is 226. The molecular formula is C13H26N2S. The minimum atomic E-state index is 0.450. The van der Waals surface area contributed by atoms with E-state index in [1.807, 2.05) is 0 Å². The summed E-state index contributed by atoms with van der Waals surface area (Å²) in [4.78, 5) is 2.70. The number of rotatable bonds is 5. The van der Waals surface area contributed by atoms with Gasteiger partial charge in [0, 0.05) is 42.2 Å². The maximum absolute atomic E-state index is 3.68. The van der Waals surface area contributed by atoms with Gasteiger partial charge in [-0.3, -0.25) is 4.90 Å². The largest absolute Gasteiger partial charge is 0.312 e. The molecule has 0 spiro atoms. The van der Waals surface area contributed by atoms with Crippen molar-refractivity contribution in [1.82, 2.24) is 10.2 Å². The van der Waals surface area contributed by atoms with Crippen LogP contribution in [0.15, 0.2) is 0 Å². The summed E-state index contributed by atoms with van der Waals surface area (Å²) in [5.41, 5.74) is 0. The second kappa shape index (κ2) is 5.28. The first-order chi connectivity index (χ1) is 7.61. The first-order valence-corrected chi connectivity index (χ1v) is 7.70. The molecule has 1 N–H and O–H groups in total. The number of nitrogens with one attached hydrogen (secondary N) is 1. The zero-order chi connectivity index (χ0) is 11.6. The van der Waals surface area contributed by atoms with Crippen LogP contribution >= 0.6 is 11.8 Å². The fraction of sp³-hybridized carbons (Fsp3) is 1.00. The first kappa shape index (κ1) is 12.7. The third kappa shape index (κ3) is 3.64. The normalized spacial score (nSPS) is 27.9. The third-order valence-corrected chi connectivity index (χ3v) is 4.96. The predicted molar refractivity (Wildman–Crippen MR) is 73.2 cm³/mol. The summed E-state index contributed by atoms with van der Waals surface area (Å²) in [7, 11) is 0. The van der Waals surface area contributed by atoms with Crippen molar-refractivity contribution in [2.24, 2.45) is 0 Å². The zero-order valence-corrected chi connectivity index (χ0v) is 11.8. The highest BCUT2D eigenvalue weighted by atomic mass is 32.2. The Morgan fingerprint density at radius 1 is 1.44 bits per heavy atom. The van der Waals surface area contributed by atoms with Crippen molar-refractivity contribution < 1.29 is 0 Å². The number of thioether (sulfide) groups is 1. The van der Waals surface area contributed by atoms with Crippen molar-refractivity contribution in [1.29, 1.82) is 0 Å². The molecule has 0 bridgehead atoms. The molecule has 1 saturated heterocycles. The van der Waals surface area contributed by atoms with Crippen molar-refractivity contribution in [2.45, 2.75) is 56.9 Å². The molecule has 1 aliphatic heterocycles. The molecule has 0 aromatic carbocycles. The van der Waals surface area contributed by atoms with Gasteiger partial charge in [0.15, 0.2) is 0 Å². The van der Waals surface area contributed by atoms with E-state index < -0.39 is 0 Å². The summed E-state index contributed by atoms with van der Waals surface area (Å²) in [6, 6.07) is 1.60. The Kier molecular flexibility index (Phi) is 4.20. The summed E-state index contributed by atoms with van der Waals surface area (Å²) in [6.07, 6.45) is 4.08. The summed E-state index contributed by atoms with van der Waals surface area (Å²) < 4.78 is 0.450. The van der Waals surface area contributed by atoms with Crippen LogP contribution in [-0.2, 0) is 0 Å². The van der Waals surface area contributed by atoms with Crippen molar-refractivity contribution in [3.05, 3.63) is 0 Å². The van der Waals surface area contributed by atoms with Crippen LogP contribution in [0.3, 0.4) is 0 Å². The fourth-order valence-electron chi connectivity index (χ4n) is 2.49. The molecule has 0 amide bonds. The topological polar surface area (TPSA) is 15.3 Å². The van der Waals surface area contributed by atoms with E-state index in [0.29, 0.717) is 4.75 Å². The van der Waals surface area contributed by atoms with Crippen molar-refractivity contribution >= 4 is 11.8 Å². The molecule has 2 fully saturated rings. The molecule has 1 unspecified atom stereocenters. The molecule has 2 aliphatic rings. The number of hydrogen-bond donors (Lipinski definition) is 1. The third-order valence-electron chi connectivity index (χ3n) is 3.66. The minimum Gasteiger partial charge on any atom is -0.312 e. The summed E-state index contributed by atoms with van der Waals surface area (Å²) in [5, 5.41) is 3.68. The van der Waals surface area contributed by atoms with Gasteiger partial charge >= 0.3 is 0 Å². The van der Waals surface area contributed by atoms with Crippen molar-refractivity contribution in [2.75, 3.05) is 25.4 Å². The van der Waals surface area contributed by atoms with E-state index in [-0.39, 0.29) is 0 Å². The molecule has 3 heteroatoms. The molecule has 16 heavy (non-hydrogen) atoms. The van der Waals surface area contributed by atoms with E-state index in [0.717, 1.165) is 12.1 Å². The summed E-state index contributed by atoms with van der Waals surface area (Å²) >= 11 is 2.13. The van der Waals surface area contributed by atoms with Crippen LogP contribution in [0.4, 0.5) is 0 Å². The lowest BCUT2D eigenvalue weighted by Gasteiger charge is -2.41. The van der Waals surface area contributed by atoms with Crippen LogP contribution in [0.2, 0.25) is 0 Å². The molecule has 94 valence electrons. The van der Waals surface area contributed by atoms with Crippen LogP contribution in [0.5, 0.6) is 0 Å². The van der Waals surface area contributed by atoms with Crippen LogP contribution in [0.25, 0.3) is 0 Å². The molecule has 1 aliphatic carbocycles. The summed E-state index contributed by atoms with van der Waals surface area (Å²) in [6.45, 7) is 10.8. The van der Waals surface area contributed by atoms with Crippen LogP contribution in [0, 0.1) is 0 Å². The minimum absolute atomic E-state index is 0.450. The van der Waals surface area contributed by atoms with Gasteiger partial charge in [-0.25, -0.2) is 0 Å². The van der Waals surface area contributed by atoms with E-state index in [9.17, 15) is 0 Å². The van der Waals surface area contributed by atoms with Gasteiger partial charge < -0.3 is 5.32 Å². The van der Waals surface area contributed by atoms with Gasteiger partial charge in [0.1, 0.15) is 0 Å². The Morgan fingerprint density at radius 3 is 2.75 bits per heavy atom. The summed E-state index contributed by atoms with van der Waals surface area (Å²) in [5.74, 6) is 1.30. The molecule has 2 rings (SSSR count). The SMILES string of the molecule is CCC(CNC1CC1)N1CCSC(C)(C)C1. The molecule has 0 aromatic rings. The molecule has 2 nitrogen and oxygen atoms in total. The van der Waals surface area contributed by atoms with Gasteiger partial charge in [0.25, 0.3) is 0 Å². The van der Waals surface area contributed by atoms with Crippen LogP contribution in [-0.4, -0.2) is 47.1 Å². The lowest BCUT2D eigenvalue weighted by molar-refractivity contribution is 0.178. The van der Waals surface area contributed by atoms with Crippen molar-refractivity contribution in [3.63, 3.8) is 0 Å². The number of hydrogen-bond acceptors (Lipinski definition) is 3. The van der Waals surface area contributed by atoms with Crippen molar-refractivity contribution in [3.8, 4) is 0 Å². The second-order valence-electron chi connectivity index (χ2n) is 5.82. The first-order valence-electron chi connectivity index (χ1n) is 6.72. The van der Waals surface area contributed by atoms with E-state index in [4.69, 9.17) is 0 Å². The molecule has 1 heterocycles. The Hall–Kier alpha value is 0.270. The van der Waals surface area contributed by atoms with Gasteiger partial charge in [-0.15, -0.1) is 0 Å². The Labute approximate surface area is 105 Å². The average molecular weight is 242 g/mol. The molecule has 0 radical (unpaired) electrons. The quantitative estimate of drug-likeness (QED) is 0.797. The van der Waals surface area contributed by atoms with Gasteiger partial charge in [0.05, 0.1) is 0 Å². The van der Waals surface area contributed by atoms with Gasteiger partial charge in [0.2, 0.25) is 0 Å². The van der Waals surface area contributed by atoms with Gasteiger partial charge in [-0.2, -0.15) is 11.8 Å². The second-order valence-corrected chi connectivity index (χ2v) is 7.63. The highest BCUT2D eigenvalue weighted by Crippen LogP contribution is 2.31. The standard InChI is InChI=1S/C13H26N2S/c1-4-12(9-14-11-5-6-11)15-7-8-16-13(2,3)10-15/h11-12,14H,4-10H2,1-3H3. The monoisotopic (exact) mass is 242 g/mol. The van der Waals surface area contributed by atoms with Gasteiger partial charge in [-0.05, 0) is 33.1 Å². The Morgan fingerprint density at radius 2 is 2.19 bits per heavy atom. The van der Waals surface area contributed by atoms with E-state index in [2.05, 4.69) is 42.7 Å². The zero-order valence-electron chi connectivity index (χ0n) is 11.0. The highest BCUT2D eigenvalue weighted by Gasteiger charge is 2.31. The maximum Gasteiger partial charge on any atom is 0.0231 e. The molecular weight excluding hydrogens is 216 g/mol. The van der Waals surface area contributed by atoms with Crippen LogP contribution in [0.1, 0.15) is 40.0 Å². The lowest BCUT2D eigenvalue weighted by atomic mass is 10.1. The molecule has 1 atom stereocenters. The molecule has 1 saturated carbocycles.